The molecule has 0 radical (unpaired) electrons. The van der Waals surface area contributed by atoms with Gasteiger partial charge < -0.3 is 0 Å². The van der Waals surface area contributed by atoms with Crippen molar-refractivity contribution in [2.24, 2.45) is 10.4 Å². The van der Waals surface area contributed by atoms with Gasteiger partial charge in [-0.05, 0) is 23.1 Å². The first kappa shape index (κ1) is 9.90. The Hall–Kier alpha value is -1.18. The summed E-state index contributed by atoms with van der Waals surface area (Å²) in [5.74, 6) is 0. The average molecular weight is 176 g/mol. The van der Waals surface area contributed by atoms with Crippen molar-refractivity contribution in [1.29, 1.82) is 5.41 Å². The molecule has 0 unspecified atom stereocenters. The van der Waals surface area contributed by atoms with Gasteiger partial charge in [-0.2, -0.15) is 0 Å². The van der Waals surface area contributed by atoms with Gasteiger partial charge in [0.1, 0.15) is 0 Å². The molecule has 1 rings (SSSR count). The van der Waals surface area contributed by atoms with Crippen LogP contribution in [0.4, 0.5) is 0 Å². The predicted molar refractivity (Wildman–Crippen MR) is 57.8 cm³/mol. The van der Waals surface area contributed by atoms with Gasteiger partial charge in [0, 0.05) is 7.05 Å². The molecule has 0 saturated carbocycles. The third-order valence-corrected chi connectivity index (χ3v) is 2.10. The van der Waals surface area contributed by atoms with E-state index in [-0.39, 0.29) is 5.41 Å². The molecule has 1 aliphatic rings. The van der Waals surface area contributed by atoms with E-state index in [4.69, 9.17) is 5.41 Å². The summed E-state index contributed by atoms with van der Waals surface area (Å²) in [5.41, 5.74) is 2.56. The van der Waals surface area contributed by atoms with Gasteiger partial charge in [0.25, 0.3) is 0 Å². The number of hydrogen-bond donors (Lipinski definition) is 1. The standard InChI is InChI=1S/C11H16N2/c1-11(2,3)8-5-6-10(13-4)9(12)7-8/h5-7,12H,1-4H3. The Morgan fingerprint density at radius 2 is 1.85 bits per heavy atom. The van der Waals surface area contributed by atoms with E-state index in [0.29, 0.717) is 5.71 Å². The Bertz CT molecular complexity index is 311. The fourth-order valence-electron chi connectivity index (χ4n) is 1.20. The molecule has 0 bridgehead atoms. The van der Waals surface area contributed by atoms with Crippen LogP contribution in [0.25, 0.3) is 0 Å². The van der Waals surface area contributed by atoms with Gasteiger partial charge in [0.2, 0.25) is 0 Å². The highest BCUT2D eigenvalue weighted by Crippen LogP contribution is 2.27. The summed E-state index contributed by atoms with van der Waals surface area (Å²) >= 11 is 0. The first-order chi connectivity index (χ1) is 5.95. The van der Waals surface area contributed by atoms with Crippen LogP contribution >= 0.6 is 0 Å². The Morgan fingerprint density at radius 1 is 1.23 bits per heavy atom. The highest BCUT2D eigenvalue weighted by atomic mass is 14.7. The molecule has 0 aliphatic heterocycles. The van der Waals surface area contributed by atoms with E-state index in [1.54, 1.807) is 7.05 Å². The number of nitrogens with one attached hydrogen (secondary N) is 1. The number of hydrogen-bond acceptors (Lipinski definition) is 2. The zero-order valence-electron chi connectivity index (χ0n) is 8.68. The maximum atomic E-state index is 7.70. The summed E-state index contributed by atoms with van der Waals surface area (Å²) in [7, 11) is 1.71. The molecule has 0 spiro atoms. The Kier molecular flexibility index (Phi) is 2.50. The molecule has 0 heterocycles. The van der Waals surface area contributed by atoms with Crippen LogP contribution < -0.4 is 0 Å². The molecule has 70 valence electrons. The lowest BCUT2D eigenvalue weighted by Crippen LogP contribution is -2.17. The number of rotatable bonds is 0. The van der Waals surface area contributed by atoms with E-state index in [1.807, 2.05) is 18.2 Å². The summed E-state index contributed by atoms with van der Waals surface area (Å²) in [4.78, 5) is 4.01. The fraction of sp³-hybridized carbons (Fsp3) is 0.455. The highest BCUT2D eigenvalue weighted by Gasteiger charge is 2.18. The average Bonchev–Trinajstić information content (AvgIpc) is 2.02. The fourth-order valence-corrected chi connectivity index (χ4v) is 1.20. The van der Waals surface area contributed by atoms with Crippen LogP contribution in [-0.2, 0) is 0 Å². The van der Waals surface area contributed by atoms with Crippen LogP contribution in [0.15, 0.2) is 28.8 Å². The summed E-state index contributed by atoms with van der Waals surface area (Å²) < 4.78 is 0. The number of allylic oxidation sites excluding steroid dienone is 4. The van der Waals surface area contributed by atoms with E-state index in [2.05, 4.69) is 25.8 Å². The van der Waals surface area contributed by atoms with Gasteiger partial charge in [0.15, 0.2) is 0 Å². The van der Waals surface area contributed by atoms with E-state index >= 15 is 0 Å². The van der Waals surface area contributed by atoms with Gasteiger partial charge >= 0.3 is 0 Å². The predicted octanol–water partition coefficient (Wildman–Crippen LogP) is 2.62. The van der Waals surface area contributed by atoms with Crippen LogP contribution in [-0.4, -0.2) is 18.5 Å². The Morgan fingerprint density at radius 3 is 2.23 bits per heavy atom. The Balaban J connectivity index is 3.00. The van der Waals surface area contributed by atoms with Crippen LogP contribution in [0.2, 0.25) is 0 Å². The number of nitrogens with zero attached hydrogens (tertiary/aromatic N) is 1. The summed E-state index contributed by atoms with van der Waals surface area (Å²) in [6.07, 6.45) is 5.84. The summed E-state index contributed by atoms with van der Waals surface area (Å²) in [5, 5.41) is 7.70. The van der Waals surface area contributed by atoms with Crippen LogP contribution in [0.1, 0.15) is 20.8 Å². The van der Waals surface area contributed by atoms with Crippen molar-refractivity contribution < 1.29 is 0 Å². The largest absolute Gasteiger partial charge is 0.299 e. The molecule has 2 nitrogen and oxygen atoms in total. The maximum absolute atomic E-state index is 7.70. The molecule has 0 fully saturated rings. The van der Waals surface area contributed by atoms with Crippen LogP contribution in [0, 0.1) is 10.8 Å². The molecule has 1 N–H and O–H groups in total. The monoisotopic (exact) mass is 176 g/mol. The van der Waals surface area contributed by atoms with E-state index < -0.39 is 0 Å². The van der Waals surface area contributed by atoms with Gasteiger partial charge in [-0.15, -0.1) is 0 Å². The van der Waals surface area contributed by atoms with Crippen molar-refractivity contribution in [2.75, 3.05) is 7.05 Å². The third kappa shape index (κ3) is 2.14. The molecule has 2 heteroatoms. The molecule has 0 atom stereocenters. The van der Waals surface area contributed by atoms with Crippen molar-refractivity contribution >= 4 is 11.4 Å². The molecule has 0 aromatic heterocycles. The minimum Gasteiger partial charge on any atom is -0.299 e. The van der Waals surface area contributed by atoms with E-state index in [9.17, 15) is 0 Å². The Labute approximate surface area is 79.6 Å². The molecule has 0 aromatic rings. The lowest BCUT2D eigenvalue weighted by atomic mass is 9.83. The molecule has 0 saturated heterocycles. The van der Waals surface area contributed by atoms with Crippen molar-refractivity contribution in [2.45, 2.75) is 20.8 Å². The summed E-state index contributed by atoms with van der Waals surface area (Å²) in [6, 6.07) is 0. The SMILES string of the molecule is CN=C1C=CC(C(C)(C)C)=CC1=N. The minimum atomic E-state index is 0.113. The molecular formula is C11H16N2. The van der Waals surface area contributed by atoms with Gasteiger partial charge in [0.05, 0.1) is 11.4 Å². The normalized spacial score (nSPS) is 20.8. The molecule has 0 amide bonds. The first-order valence-electron chi connectivity index (χ1n) is 4.41. The highest BCUT2D eigenvalue weighted by molar-refractivity contribution is 6.50. The van der Waals surface area contributed by atoms with Gasteiger partial charge in [-0.3, -0.25) is 10.4 Å². The van der Waals surface area contributed by atoms with Crippen molar-refractivity contribution in [3.05, 3.63) is 23.8 Å². The molecule has 0 aromatic carbocycles. The van der Waals surface area contributed by atoms with Crippen LogP contribution in [0.5, 0.6) is 0 Å². The van der Waals surface area contributed by atoms with Crippen molar-refractivity contribution in [1.82, 2.24) is 0 Å². The third-order valence-electron chi connectivity index (χ3n) is 2.10. The zero-order valence-corrected chi connectivity index (χ0v) is 8.68. The van der Waals surface area contributed by atoms with Crippen molar-refractivity contribution in [3.8, 4) is 0 Å². The molecule has 1 aliphatic carbocycles. The van der Waals surface area contributed by atoms with Gasteiger partial charge in [-0.25, -0.2) is 0 Å². The molecule has 13 heavy (non-hydrogen) atoms. The lowest BCUT2D eigenvalue weighted by molar-refractivity contribution is 0.517. The lowest BCUT2D eigenvalue weighted by Gasteiger charge is -2.22. The topological polar surface area (TPSA) is 36.2 Å². The first-order valence-corrected chi connectivity index (χ1v) is 4.41. The smallest absolute Gasteiger partial charge is 0.0820 e. The zero-order chi connectivity index (χ0) is 10.1. The molecular weight excluding hydrogens is 160 g/mol. The maximum Gasteiger partial charge on any atom is 0.0820 e. The van der Waals surface area contributed by atoms with E-state index in [1.165, 1.54) is 5.57 Å². The quantitative estimate of drug-likeness (QED) is 0.551. The van der Waals surface area contributed by atoms with Crippen LogP contribution in [0.3, 0.4) is 0 Å². The second kappa shape index (κ2) is 3.29. The van der Waals surface area contributed by atoms with Crippen molar-refractivity contribution in [3.63, 3.8) is 0 Å². The van der Waals surface area contributed by atoms with E-state index in [0.717, 1.165) is 5.71 Å². The minimum absolute atomic E-state index is 0.113. The number of aliphatic imine (C=N–C) groups is 1. The summed E-state index contributed by atoms with van der Waals surface area (Å²) in [6.45, 7) is 6.43. The second-order valence-electron chi connectivity index (χ2n) is 4.21. The van der Waals surface area contributed by atoms with Gasteiger partial charge in [-0.1, -0.05) is 26.8 Å². The second-order valence-corrected chi connectivity index (χ2v) is 4.21.